The summed E-state index contributed by atoms with van der Waals surface area (Å²) in [6, 6.07) is 18.2. The number of anilines is 2. The van der Waals surface area contributed by atoms with Gasteiger partial charge in [-0.15, -0.1) is 0 Å². The van der Waals surface area contributed by atoms with Gasteiger partial charge in [0, 0.05) is 18.7 Å². The Labute approximate surface area is 184 Å². The van der Waals surface area contributed by atoms with Crippen molar-refractivity contribution >= 4 is 28.6 Å². The van der Waals surface area contributed by atoms with E-state index in [9.17, 15) is 0 Å². The summed E-state index contributed by atoms with van der Waals surface area (Å²) >= 11 is 0. The van der Waals surface area contributed by atoms with Gasteiger partial charge in [0.2, 0.25) is 11.9 Å². The summed E-state index contributed by atoms with van der Waals surface area (Å²) in [6.45, 7) is 3.34. The zero-order valence-electron chi connectivity index (χ0n) is 17.4. The number of aromatic amines is 1. The maximum atomic E-state index is 5.51. The summed E-state index contributed by atoms with van der Waals surface area (Å²) in [4.78, 5) is 19.8. The van der Waals surface area contributed by atoms with Crippen LogP contribution in [0.4, 0.5) is 11.9 Å². The third-order valence-corrected chi connectivity index (χ3v) is 5.59. The molecule has 32 heavy (non-hydrogen) atoms. The lowest BCUT2D eigenvalue weighted by Gasteiger charge is -2.27. The molecule has 1 saturated heterocycles. The first kappa shape index (κ1) is 18.8. The first-order chi connectivity index (χ1) is 15.8. The van der Waals surface area contributed by atoms with Crippen LogP contribution < -0.4 is 10.2 Å². The van der Waals surface area contributed by atoms with Crippen LogP contribution in [0, 0.1) is 0 Å². The van der Waals surface area contributed by atoms with E-state index in [1.165, 1.54) is 0 Å². The molecule has 9 nitrogen and oxygen atoms in total. The molecule has 2 N–H and O–H groups in total. The summed E-state index contributed by atoms with van der Waals surface area (Å²) in [5.74, 6) is 2.13. The molecule has 6 rings (SSSR count). The number of hydrogen-bond donors (Lipinski definition) is 2. The number of fused-ring (bicyclic) bond motifs is 2. The van der Waals surface area contributed by atoms with Crippen LogP contribution in [-0.4, -0.2) is 55.9 Å². The van der Waals surface area contributed by atoms with Crippen LogP contribution in [0.25, 0.3) is 27.8 Å². The maximum absolute atomic E-state index is 5.51. The number of imidazole rings is 1. The van der Waals surface area contributed by atoms with E-state index < -0.39 is 0 Å². The summed E-state index contributed by atoms with van der Waals surface area (Å²) in [6.07, 6.45) is 1.84. The lowest BCUT2D eigenvalue weighted by molar-refractivity contribution is 0.122. The molecule has 0 bridgehead atoms. The highest BCUT2D eigenvalue weighted by Crippen LogP contribution is 2.26. The van der Waals surface area contributed by atoms with Gasteiger partial charge in [0.05, 0.1) is 37.0 Å². The van der Waals surface area contributed by atoms with Gasteiger partial charge in [0.15, 0.2) is 5.65 Å². The summed E-state index contributed by atoms with van der Waals surface area (Å²) < 4.78 is 7.27. The van der Waals surface area contributed by atoms with Crippen LogP contribution in [0.3, 0.4) is 0 Å². The van der Waals surface area contributed by atoms with E-state index in [2.05, 4.69) is 37.4 Å². The zero-order valence-corrected chi connectivity index (χ0v) is 17.4. The Bertz CT molecular complexity index is 1340. The van der Waals surface area contributed by atoms with Gasteiger partial charge < -0.3 is 19.9 Å². The minimum absolute atomic E-state index is 0.490. The third kappa shape index (κ3) is 3.42. The van der Waals surface area contributed by atoms with Crippen molar-refractivity contribution in [3.63, 3.8) is 0 Å². The van der Waals surface area contributed by atoms with Crippen LogP contribution in [0.1, 0.15) is 5.82 Å². The fourth-order valence-corrected chi connectivity index (χ4v) is 3.96. The predicted molar refractivity (Wildman–Crippen MR) is 123 cm³/mol. The van der Waals surface area contributed by atoms with Crippen molar-refractivity contribution in [1.82, 2.24) is 29.5 Å². The number of nitrogens with zero attached hydrogens (tertiary/aromatic N) is 6. The van der Waals surface area contributed by atoms with Gasteiger partial charge in [0.25, 0.3) is 0 Å². The Balaban J connectivity index is 1.40. The van der Waals surface area contributed by atoms with Gasteiger partial charge in [-0.1, -0.05) is 42.5 Å². The fraction of sp³-hybridized carbons (Fsp3) is 0.217. The molecule has 0 unspecified atom stereocenters. The number of hydrogen-bond acceptors (Lipinski definition) is 7. The van der Waals surface area contributed by atoms with E-state index in [1.54, 1.807) is 4.52 Å². The molecule has 4 heterocycles. The molecule has 9 heteroatoms. The van der Waals surface area contributed by atoms with Crippen molar-refractivity contribution in [3.05, 3.63) is 66.6 Å². The highest BCUT2D eigenvalue weighted by atomic mass is 16.5. The van der Waals surface area contributed by atoms with Gasteiger partial charge in [0.1, 0.15) is 5.82 Å². The first-order valence-corrected chi connectivity index (χ1v) is 10.7. The number of H-pyrrole nitrogens is 1. The van der Waals surface area contributed by atoms with E-state index in [0.29, 0.717) is 31.7 Å². The Hall–Kier alpha value is -3.98. The molecule has 2 aromatic carbocycles. The SMILES string of the molecule is c1ccc(-c2cnn3c(NCc4nc5ccccc5[nH]4)nc(N4CCOCC4)nc23)cc1. The molecule has 5 aromatic rings. The zero-order chi connectivity index (χ0) is 21.3. The van der Waals surface area contributed by atoms with Crippen LogP contribution >= 0.6 is 0 Å². The first-order valence-electron chi connectivity index (χ1n) is 10.7. The Morgan fingerprint density at radius 1 is 0.938 bits per heavy atom. The van der Waals surface area contributed by atoms with E-state index in [-0.39, 0.29) is 0 Å². The monoisotopic (exact) mass is 426 g/mol. The van der Waals surface area contributed by atoms with Crippen molar-refractivity contribution in [2.24, 2.45) is 0 Å². The quantitative estimate of drug-likeness (QED) is 0.446. The normalized spacial score (nSPS) is 14.3. The van der Waals surface area contributed by atoms with Gasteiger partial charge in [-0.25, -0.2) is 4.98 Å². The average Bonchev–Trinajstić information content (AvgIpc) is 3.47. The molecule has 1 fully saturated rings. The highest BCUT2D eigenvalue weighted by molar-refractivity contribution is 5.78. The minimum Gasteiger partial charge on any atom is -0.378 e. The second-order valence-electron chi connectivity index (χ2n) is 7.66. The second kappa shape index (κ2) is 7.93. The van der Waals surface area contributed by atoms with Crippen LogP contribution in [0.2, 0.25) is 0 Å². The molecule has 0 atom stereocenters. The predicted octanol–water partition coefficient (Wildman–Crippen LogP) is 3.12. The standard InChI is InChI=1S/C23H22N8O/c1-2-6-16(7-3-1)17-14-25-31-21(17)28-23(30-10-12-32-13-11-30)29-22(31)24-15-20-26-18-8-4-5-9-19(18)27-20/h1-9,14H,10-13,15H2,(H,26,27)(H,24,28,29). The van der Waals surface area contributed by atoms with Gasteiger partial charge in [-0.2, -0.15) is 19.6 Å². The summed E-state index contributed by atoms with van der Waals surface area (Å²) in [5, 5.41) is 8.00. The Morgan fingerprint density at radius 3 is 2.59 bits per heavy atom. The molecule has 3 aromatic heterocycles. The minimum atomic E-state index is 0.490. The van der Waals surface area contributed by atoms with Crippen molar-refractivity contribution < 1.29 is 4.74 Å². The largest absolute Gasteiger partial charge is 0.378 e. The molecule has 0 spiro atoms. The Morgan fingerprint density at radius 2 is 1.75 bits per heavy atom. The summed E-state index contributed by atoms with van der Waals surface area (Å²) in [7, 11) is 0. The third-order valence-electron chi connectivity index (χ3n) is 5.59. The van der Waals surface area contributed by atoms with Crippen molar-refractivity contribution in [1.29, 1.82) is 0 Å². The molecule has 0 aliphatic carbocycles. The van der Waals surface area contributed by atoms with E-state index in [4.69, 9.17) is 14.7 Å². The average molecular weight is 426 g/mol. The fourth-order valence-electron chi connectivity index (χ4n) is 3.96. The Kier molecular flexibility index (Phi) is 4.65. The number of nitrogens with one attached hydrogen (secondary N) is 2. The smallest absolute Gasteiger partial charge is 0.230 e. The van der Waals surface area contributed by atoms with Gasteiger partial charge >= 0.3 is 0 Å². The van der Waals surface area contributed by atoms with Crippen molar-refractivity contribution in [2.75, 3.05) is 36.5 Å². The van der Waals surface area contributed by atoms with Gasteiger partial charge in [-0.05, 0) is 17.7 Å². The number of ether oxygens (including phenoxy) is 1. The number of aromatic nitrogens is 6. The van der Waals surface area contributed by atoms with E-state index in [0.717, 1.165) is 46.7 Å². The molecule has 0 amide bonds. The number of morpholine rings is 1. The molecule has 1 aliphatic rings. The molecule has 0 radical (unpaired) electrons. The molecule has 0 saturated carbocycles. The number of para-hydroxylation sites is 2. The number of rotatable bonds is 5. The van der Waals surface area contributed by atoms with Gasteiger partial charge in [-0.3, -0.25) is 0 Å². The number of benzene rings is 2. The lowest BCUT2D eigenvalue weighted by atomic mass is 10.1. The topological polar surface area (TPSA) is 96.3 Å². The molecular formula is C23H22N8O. The van der Waals surface area contributed by atoms with Crippen LogP contribution in [0.15, 0.2) is 60.8 Å². The molecule has 160 valence electrons. The molecule has 1 aliphatic heterocycles. The van der Waals surface area contributed by atoms with E-state index in [1.807, 2.05) is 48.7 Å². The van der Waals surface area contributed by atoms with E-state index >= 15 is 0 Å². The molecular weight excluding hydrogens is 404 g/mol. The summed E-state index contributed by atoms with van der Waals surface area (Å²) in [5.41, 5.74) is 4.75. The van der Waals surface area contributed by atoms with Crippen LogP contribution in [0.5, 0.6) is 0 Å². The van der Waals surface area contributed by atoms with Crippen molar-refractivity contribution in [2.45, 2.75) is 6.54 Å². The maximum Gasteiger partial charge on any atom is 0.230 e. The second-order valence-corrected chi connectivity index (χ2v) is 7.66. The highest BCUT2D eigenvalue weighted by Gasteiger charge is 2.19. The lowest BCUT2D eigenvalue weighted by Crippen LogP contribution is -2.37. The van der Waals surface area contributed by atoms with Crippen LogP contribution in [-0.2, 0) is 11.3 Å². The van der Waals surface area contributed by atoms with Crippen molar-refractivity contribution in [3.8, 4) is 11.1 Å².